The largest absolute Gasteiger partial charge is 0.586 e. The zero-order valence-corrected chi connectivity index (χ0v) is 12.0. The second-order valence-corrected chi connectivity index (χ2v) is 4.98. The Balaban J connectivity index is 1.64. The van der Waals surface area contributed by atoms with Crippen LogP contribution in [-0.2, 0) is 11.2 Å². The minimum Gasteiger partial charge on any atom is -0.395 e. The van der Waals surface area contributed by atoms with Crippen LogP contribution in [0, 0.1) is 10.1 Å². The van der Waals surface area contributed by atoms with Gasteiger partial charge in [-0.1, -0.05) is 12.1 Å². The van der Waals surface area contributed by atoms with Crippen LogP contribution in [0.25, 0.3) is 0 Å². The number of ether oxygens (including phenoxy) is 2. The number of halogens is 2. The summed E-state index contributed by atoms with van der Waals surface area (Å²) in [7, 11) is 0. The molecule has 3 rings (SSSR count). The lowest BCUT2D eigenvalue weighted by molar-refractivity contribution is -0.384. The maximum atomic E-state index is 12.9. The van der Waals surface area contributed by atoms with Crippen LogP contribution in [-0.4, -0.2) is 17.1 Å². The average molecular weight is 336 g/mol. The Morgan fingerprint density at radius 2 is 1.79 bits per heavy atom. The zero-order chi connectivity index (χ0) is 17.3. The average Bonchev–Trinajstić information content (AvgIpc) is 2.80. The Hall–Kier alpha value is -3.23. The van der Waals surface area contributed by atoms with Crippen molar-refractivity contribution in [3.05, 3.63) is 58.1 Å². The first-order valence-electron chi connectivity index (χ1n) is 6.75. The molecule has 0 fully saturated rings. The van der Waals surface area contributed by atoms with Crippen molar-refractivity contribution in [2.75, 3.05) is 5.32 Å². The molecule has 2 aromatic carbocycles. The zero-order valence-electron chi connectivity index (χ0n) is 12.0. The van der Waals surface area contributed by atoms with Gasteiger partial charge >= 0.3 is 6.29 Å². The third-order valence-corrected chi connectivity index (χ3v) is 3.20. The third-order valence-electron chi connectivity index (χ3n) is 3.20. The summed E-state index contributed by atoms with van der Waals surface area (Å²) in [5.74, 6) is -0.698. The van der Waals surface area contributed by atoms with Crippen LogP contribution in [0.4, 0.5) is 20.2 Å². The lowest BCUT2D eigenvalue weighted by Gasteiger charge is -2.06. The van der Waals surface area contributed by atoms with E-state index in [1.165, 1.54) is 42.5 Å². The van der Waals surface area contributed by atoms with E-state index >= 15 is 0 Å². The fraction of sp³-hybridized carbons (Fsp3) is 0.133. The van der Waals surface area contributed by atoms with Crippen LogP contribution >= 0.6 is 0 Å². The lowest BCUT2D eigenvalue weighted by atomic mass is 10.1. The number of amides is 1. The number of nitro groups is 1. The number of anilines is 1. The molecule has 0 spiro atoms. The van der Waals surface area contributed by atoms with Crippen molar-refractivity contribution in [3.8, 4) is 11.5 Å². The van der Waals surface area contributed by atoms with Gasteiger partial charge in [0.2, 0.25) is 5.91 Å². The number of nitrogens with one attached hydrogen (secondary N) is 1. The second-order valence-electron chi connectivity index (χ2n) is 4.98. The number of benzene rings is 2. The predicted molar refractivity (Wildman–Crippen MR) is 78.1 cm³/mol. The molecule has 0 radical (unpaired) electrons. The van der Waals surface area contributed by atoms with Gasteiger partial charge < -0.3 is 14.8 Å². The van der Waals surface area contributed by atoms with Crippen molar-refractivity contribution < 1.29 is 28.0 Å². The molecule has 1 aliphatic rings. The normalized spacial score (nSPS) is 14.2. The molecule has 0 aromatic heterocycles. The molecule has 0 unspecified atom stereocenters. The van der Waals surface area contributed by atoms with Crippen LogP contribution < -0.4 is 14.8 Å². The Kier molecular flexibility index (Phi) is 3.76. The van der Waals surface area contributed by atoms with Crippen molar-refractivity contribution in [2.45, 2.75) is 12.7 Å². The fourth-order valence-electron chi connectivity index (χ4n) is 2.15. The summed E-state index contributed by atoms with van der Waals surface area (Å²) >= 11 is 0. The van der Waals surface area contributed by atoms with Crippen molar-refractivity contribution in [1.29, 1.82) is 0 Å². The van der Waals surface area contributed by atoms with Crippen molar-refractivity contribution >= 4 is 17.3 Å². The molecule has 1 N–H and O–H groups in total. The van der Waals surface area contributed by atoms with Crippen molar-refractivity contribution in [1.82, 2.24) is 0 Å². The first kappa shape index (κ1) is 15.7. The number of carbonyl (C=O) groups excluding carboxylic acids is 1. The number of fused-ring (bicyclic) bond motifs is 1. The van der Waals surface area contributed by atoms with Crippen molar-refractivity contribution in [3.63, 3.8) is 0 Å². The SMILES string of the molecule is O=C(Cc1ccc([N+](=O)[O-])cc1)Nc1ccc2c(c1)OC(F)(F)O2. The standard InChI is InChI=1S/C15H10F2N2O5/c16-15(17)23-12-6-3-10(8-13(12)24-15)18-14(20)7-9-1-4-11(5-2-9)19(21)22/h1-6,8H,7H2,(H,18,20). The smallest absolute Gasteiger partial charge is 0.395 e. The monoisotopic (exact) mass is 336 g/mol. The van der Waals surface area contributed by atoms with E-state index in [0.29, 0.717) is 5.56 Å². The predicted octanol–water partition coefficient (Wildman–Crippen LogP) is 3.10. The summed E-state index contributed by atoms with van der Waals surface area (Å²) in [4.78, 5) is 22.0. The number of hydrogen-bond acceptors (Lipinski definition) is 5. The van der Waals surface area contributed by atoms with Gasteiger partial charge in [-0.15, -0.1) is 8.78 Å². The van der Waals surface area contributed by atoms with E-state index < -0.39 is 17.1 Å². The van der Waals surface area contributed by atoms with E-state index in [0.717, 1.165) is 0 Å². The second kappa shape index (κ2) is 5.76. The van der Waals surface area contributed by atoms with E-state index in [9.17, 15) is 23.7 Å². The molecular formula is C15H10F2N2O5. The summed E-state index contributed by atoms with van der Waals surface area (Å²) < 4.78 is 34.4. The summed E-state index contributed by atoms with van der Waals surface area (Å²) in [6, 6.07) is 9.42. The molecule has 7 nitrogen and oxygen atoms in total. The van der Waals surface area contributed by atoms with Crippen LogP contribution in [0.2, 0.25) is 0 Å². The summed E-state index contributed by atoms with van der Waals surface area (Å²) in [5, 5.41) is 13.1. The molecule has 0 saturated heterocycles. The minimum absolute atomic E-state index is 0.0252. The molecule has 0 atom stereocenters. The Labute approximate surface area is 134 Å². The highest BCUT2D eigenvalue weighted by atomic mass is 19.3. The van der Waals surface area contributed by atoms with E-state index in [2.05, 4.69) is 14.8 Å². The molecule has 124 valence electrons. The third kappa shape index (κ3) is 3.40. The maximum absolute atomic E-state index is 12.9. The van der Waals surface area contributed by atoms with Crippen LogP contribution in [0.5, 0.6) is 11.5 Å². The molecule has 0 saturated carbocycles. The molecule has 1 heterocycles. The molecule has 24 heavy (non-hydrogen) atoms. The van der Waals surface area contributed by atoms with Crippen LogP contribution in [0.3, 0.4) is 0 Å². The topological polar surface area (TPSA) is 90.7 Å². The summed E-state index contributed by atoms with van der Waals surface area (Å²) in [5.41, 5.74) is 0.767. The maximum Gasteiger partial charge on any atom is 0.586 e. The van der Waals surface area contributed by atoms with Gasteiger partial charge in [0.15, 0.2) is 11.5 Å². The molecule has 1 amide bonds. The molecule has 0 bridgehead atoms. The quantitative estimate of drug-likeness (QED) is 0.684. The van der Waals surface area contributed by atoms with Gasteiger partial charge in [-0.2, -0.15) is 0 Å². The van der Waals surface area contributed by atoms with Gasteiger partial charge in [0, 0.05) is 23.9 Å². The Bertz CT molecular complexity index is 808. The first-order valence-corrected chi connectivity index (χ1v) is 6.75. The van der Waals surface area contributed by atoms with Crippen LogP contribution in [0.15, 0.2) is 42.5 Å². The van der Waals surface area contributed by atoms with Gasteiger partial charge in [0.1, 0.15) is 0 Å². The highest BCUT2D eigenvalue weighted by molar-refractivity contribution is 5.92. The molecule has 0 aliphatic carbocycles. The highest BCUT2D eigenvalue weighted by Crippen LogP contribution is 2.42. The number of non-ortho nitro benzene ring substituents is 1. The molecule has 2 aromatic rings. The number of alkyl halides is 2. The number of nitro benzene ring substituents is 1. The molecular weight excluding hydrogens is 326 g/mol. The van der Waals surface area contributed by atoms with Gasteiger partial charge in [0.25, 0.3) is 5.69 Å². The number of nitrogens with zero attached hydrogens (tertiary/aromatic N) is 1. The first-order chi connectivity index (χ1) is 11.3. The van der Waals surface area contributed by atoms with Gasteiger partial charge in [-0.25, -0.2) is 0 Å². The Morgan fingerprint density at radius 1 is 1.12 bits per heavy atom. The number of carbonyl (C=O) groups is 1. The Morgan fingerprint density at radius 3 is 2.46 bits per heavy atom. The van der Waals surface area contributed by atoms with Gasteiger partial charge in [-0.05, 0) is 17.7 Å². The number of rotatable bonds is 4. The molecule has 1 aliphatic heterocycles. The van der Waals surface area contributed by atoms with E-state index in [1.807, 2.05) is 0 Å². The van der Waals surface area contributed by atoms with E-state index in [4.69, 9.17) is 0 Å². The van der Waals surface area contributed by atoms with E-state index in [1.54, 1.807) is 0 Å². The molecule has 9 heteroatoms. The van der Waals surface area contributed by atoms with Gasteiger partial charge in [-0.3, -0.25) is 14.9 Å². The fourth-order valence-corrected chi connectivity index (χ4v) is 2.15. The van der Waals surface area contributed by atoms with E-state index in [-0.39, 0.29) is 29.3 Å². The number of hydrogen-bond donors (Lipinski definition) is 1. The van der Waals surface area contributed by atoms with Gasteiger partial charge in [0.05, 0.1) is 11.3 Å². The summed E-state index contributed by atoms with van der Waals surface area (Å²) in [6.45, 7) is 0. The lowest BCUT2D eigenvalue weighted by Crippen LogP contribution is -2.25. The highest BCUT2D eigenvalue weighted by Gasteiger charge is 2.43. The summed E-state index contributed by atoms with van der Waals surface area (Å²) in [6.07, 6.45) is -3.74. The minimum atomic E-state index is -3.72. The van der Waals surface area contributed by atoms with Crippen molar-refractivity contribution in [2.24, 2.45) is 0 Å². The van der Waals surface area contributed by atoms with Crippen LogP contribution in [0.1, 0.15) is 5.56 Å².